The largest absolute Gasteiger partial charge is 0.494 e. The Morgan fingerprint density at radius 2 is 1.47 bits per heavy atom. The van der Waals surface area contributed by atoms with E-state index in [-0.39, 0.29) is 0 Å². The van der Waals surface area contributed by atoms with Crippen LogP contribution in [0.25, 0.3) is 0 Å². The molecule has 0 aliphatic heterocycles. The number of ether oxygens (including phenoxy) is 1. The van der Waals surface area contributed by atoms with Gasteiger partial charge in [-0.2, -0.15) is 0 Å². The number of hydrogen-bond donors (Lipinski definition) is 2. The first-order valence-corrected chi connectivity index (χ1v) is 7.20. The van der Waals surface area contributed by atoms with Gasteiger partial charge in [0.2, 0.25) is 0 Å². The third-order valence-electron chi connectivity index (χ3n) is 2.51. The Balaban J connectivity index is 0.000000711. The summed E-state index contributed by atoms with van der Waals surface area (Å²) in [5.41, 5.74) is 0. The van der Waals surface area contributed by atoms with Gasteiger partial charge in [0.1, 0.15) is 12.0 Å². The van der Waals surface area contributed by atoms with Gasteiger partial charge in [0, 0.05) is 0 Å². The van der Waals surface area contributed by atoms with E-state index in [1.165, 1.54) is 45.4 Å². The van der Waals surface area contributed by atoms with Crippen LogP contribution in [0.4, 0.5) is 0 Å². The zero-order valence-electron chi connectivity index (χ0n) is 12.2. The molecule has 0 spiro atoms. The molecule has 1 aromatic carbocycles. The SMILES string of the molecule is CC(O)O.CCCCCCCCOc1ccccc1. The van der Waals surface area contributed by atoms with Crippen molar-refractivity contribution >= 4 is 0 Å². The molecule has 0 unspecified atom stereocenters. The van der Waals surface area contributed by atoms with E-state index in [0.717, 1.165) is 12.4 Å². The molecule has 3 nitrogen and oxygen atoms in total. The maximum atomic E-state index is 7.61. The Kier molecular flexibility index (Phi) is 12.6. The van der Waals surface area contributed by atoms with E-state index >= 15 is 0 Å². The van der Waals surface area contributed by atoms with Crippen LogP contribution in [0.5, 0.6) is 5.75 Å². The molecule has 19 heavy (non-hydrogen) atoms. The fourth-order valence-electron chi connectivity index (χ4n) is 1.59. The molecule has 1 rings (SSSR count). The van der Waals surface area contributed by atoms with Crippen molar-refractivity contribution in [2.75, 3.05) is 6.61 Å². The quantitative estimate of drug-likeness (QED) is 0.558. The molecular formula is C16H28O3. The van der Waals surface area contributed by atoms with Crippen molar-refractivity contribution in [2.45, 2.75) is 58.7 Å². The normalized spacial score (nSPS) is 9.95. The molecule has 0 fully saturated rings. The van der Waals surface area contributed by atoms with Crippen LogP contribution in [-0.4, -0.2) is 23.1 Å². The van der Waals surface area contributed by atoms with Crippen LogP contribution < -0.4 is 4.74 Å². The third-order valence-corrected chi connectivity index (χ3v) is 2.51. The highest BCUT2D eigenvalue weighted by atomic mass is 16.5. The maximum Gasteiger partial charge on any atom is 0.148 e. The number of hydrogen-bond acceptors (Lipinski definition) is 3. The Morgan fingerprint density at radius 3 is 2.05 bits per heavy atom. The van der Waals surface area contributed by atoms with Gasteiger partial charge >= 0.3 is 0 Å². The summed E-state index contributed by atoms with van der Waals surface area (Å²) in [6, 6.07) is 10.1. The molecule has 3 heteroatoms. The zero-order valence-corrected chi connectivity index (χ0v) is 12.2. The van der Waals surface area contributed by atoms with Gasteiger partial charge in [-0.05, 0) is 25.5 Å². The van der Waals surface area contributed by atoms with Crippen LogP contribution in [-0.2, 0) is 0 Å². The lowest BCUT2D eigenvalue weighted by atomic mass is 10.1. The van der Waals surface area contributed by atoms with Gasteiger partial charge in [-0.15, -0.1) is 0 Å². The molecule has 0 saturated heterocycles. The van der Waals surface area contributed by atoms with E-state index in [1.807, 2.05) is 30.3 Å². The predicted molar refractivity (Wildman–Crippen MR) is 79.2 cm³/mol. The number of unbranched alkanes of at least 4 members (excludes halogenated alkanes) is 5. The Morgan fingerprint density at radius 1 is 0.947 bits per heavy atom. The minimum absolute atomic E-state index is 0.857. The van der Waals surface area contributed by atoms with Crippen molar-refractivity contribution < 1.29 is 14.9 Å². The summed E-state index contributed by atoms with van der Waals surface area (Å²) in [5.74, 6) is 0.992. The molecule has 0 heterocycles. The minimum atomic E-state index is -1.17. The third kappa shape index (κ3) is 14.9. The van der Waals surface area contributed by atoms with Crippen molar-refractivity contribution in [3.63, 3.8) is 0 Å². The van der Waals surface area contributed by atoms with Crippen LogP contribution in [0.15, 0.2) is 30.3 Å². The molecule has 2 N–H and O–H groups in total. The Labute approximate surface area is 117 Å². The van der Waals surface area contributed by atoms with Gasteiger partial charge in [-0.3, -0.25) is 0 Å². The first kappa shape index (κ1) is 17.9. The van der Waals surface area contributed by atoms with Crippen molar-refractivity contribution in [1.82, 2.24) is 0 Å². The van der Waals surface area contributed by atoms with Crippen molar-refractivity contribution in [1.29, 1.82) is 0 Å². The summed E-state index contributed by atoms with van der Waals surface area (Å²) in [7, 11) is 0. The van der Waals surface area contributed by atoms with Gasteiger partial charge in [-0.1, -0.05) is 57.2 Å². The fourth-order valence-corrected chi connectivity index (χ4v) is 1.59. The lowest BCUT2D eigenvalue weighted by molar-refractivity contribution is -0.0228. The molecule has 0 aliphatic carbocycles. The van der Waals surface area contributed by atoms with E-state index in [9.17, 15) is 0 Å². The van der Waals surface area contributed by atoms with Crippen molar-refractivity contribution in [3.05, 3.63) is 30.3 Å². The molecule has 0 aromatic heterocycles. The number of benzene rings is 1. The molecule has 0 atom stereocenters. The summed E-state index contributed by atoms with van der Waals surface area (Å²) in [5, 5.41) is 15.2. The number of aliphatic hydroxyl groups is 2. The van der Waals surface area contributed by atoms with Crippen LogP contribution in [0.3, 0.4) is 0 Å². The number of rotatable bonds is 8. The molecule has 0 amide bonds. The van der Waals surface area contributed by atoms with Gasteiger partial charge in [0.25, 0.3) is 0 Å². The topological polar surface area (TPSA) is 49.7 Å². The summed E-state index contributed by atoms with van der Waals surface area (Å²) in [6.45, 7) is 4.38. The van der Waals surface area contributed by atoms with E-state index in [0.29, 0.717) is 0 Å². The standard InChI is InChI=1S/C14H22O.C2H6O2/c1-2-3-4-5-6-10-13-15-14-11-8-7-9-12-14;1-2(3)4/h7-9,11-12H,2-6,10,13H2,1H3;2-4H,1H3. The molecule has 0 aliphatic rings. The summed E-state index contributed by atoms with van der Waals surface area (Å²) >= 11 is 0. The van der Waals surface area contributed by atoms with Crippen LogP contribution in [0.2, 0.25) is 0 Å². The fraction of sp³-hybridized carbons (Fsp3) is 0.625. The van der Waals surface area contributed by atoms with E-state index < -0.39 is 6.29 Å². The van der Waals surface area contributed by atoms with E-state index in [1.54, 1.807) is 0 Å². The van der Waals surface area contributed by atoms with Gasteiger partial charge in [0.05, 0.1) is 6.61 Å². The second-order valence-corrected chi connectivity index (χ2v) is 4.56. The smallest absolute Gasteiger partial charge is 0.148 e. The molecular weight excluding hydrogens is 240 g/mol. The van der Waals surface area contributed by atoms with Crippen molar-refractivity contribution in [2.24, 2.45) is 0 Å². The van der Waals surface area contributed by atoms with E-state index in [4.69, 9.17) is 14.9 Å². The first-order chi connectivity index (χ1) is 9.16. The highest BCUT2D eigenvalue weighted by molar-refractivity contribution is 5.20. The van der Waals surface area contributed by atoms with Gasteiger partial charge < -0.3 is 14.9 Å². The second-order valence-electron chi connectivity index (χ2n) is 4.56. The van der Waals surface area contributed by atoms with Crippen LogP contribution in [0.1, 0.15) is 52.4 Å². The zero-order chi connectivity index (χ0) is 14.3. The molecule has 1 aromatic rings. The second kappa shape index (κ2) is 13.4. The average Bonchev–Trinajstić information content (AvgIpc) is 2.38. The average molecular weight is 268 g/mol. The van der Waals surface area contributed by atoms with E-state index in [2.05, 4.69) is 6.92 Å². The summed E-state index contributed by atoms with van der Waals surface area (Å²) in [4.78, 5) is 0. The monoisotopic (exact) mass is 268 g/mol. The predicted octanol–water partition coefficient (Wildman–Crippen LogP) is 3.74. The van der Waals surface area contributed by atoms with Crippen molar-refractivity contribution in [3.8, 4) is 5.75 Å². The number of aliphatic hydroxyl groups excluding tert-OH is 1. The minimum Gasteiger partial charge on any atom is -0.494 e. The molecule has 0 radical (unpaired) electrons. The first-order valence-electron chi connectivity index (χ1n) is 7.20. The van der Waals surface area contributed by atoms with Gasteiger partial charge in [-0.25, -0.2) is 0 Å². The molecule has 0 saturated carbocycles. The van der Waals surface area contributed by atoms with Crippen LogP contribution >= 0.6 is 0 Å². The lowest BCUT2D eigenvalue weighted by Crippen LogP contribution is -1.96. The highest BCUT2D eigenvalue weighted by Crippen LogP contribution is 2.10. The Bertz CT molecular complexity index is 270. The van der Waals surface area contributed by atoms with Gasteiger partial charge in [0.15, 0.2) is 0 Å². The number of para-hydroxylation sites is 1. The molecule has 110 valence electrons. The van der Waals surface area contributed by atoms with Crippen LogP contribution in [0, 0.1) is 0 Å². The Hall–Kier alpha value is -1.06. The molecule has 0 bridgehead atoms. The maximum absolute atomic E-state index is 7.61. The highest BCUT2D eigenvalue weighted by Gasteiger charge is 1.92. The summed E-state index contributed by atoms with van der Waals surface area (Å²) < 4.78 is 5.61. The lowest BCUT2D eigenvalue weighted by Gasteiger charge is -2.05. The summed E-state index contributed by atoms with van der Waals surface area (Å²) in [6.07, 6.45) is 6.74.